The standard InChI is InChI=1S/C20H26N2O4S.ClH/c1-3-22(20(23)17-14-25-9-8-21-17)12-15-6-7-18(19(11-15)24-2)26-13-16-5-4-10-27-16;/h4-7,10-11,17,21H,3,8-9,12-14H2,1-2H3;1H. The van der Waals surface area contributed by atoms with Crippen LogP contribution >= 0.6 is 23.7 Å². The average Bonchev–Trinajstić information content (AvgIpc) is 3.24. The number of halogens is 1. The van der Waals surface area contributed by atoms with Gasteiger partial charge in [-0.15, -0.1) is 23.7 Å². The topological polar surface area (TPSA) is 60.0 Å². The van der Waals surface area contributed by atoms with Gasteiger partial charge in [0.2, 0.25) is 5.91 Å². The molecule has 1 aromatic carbocycles. The summed E-state index contributed by atoms with van der Waals surface area (Å²) in [5.41, 5.74) is 1.00. The number of benzene rings is 1. The quantitative estimate of drug-likeness (QED) is 0.702. The lowest BCUT2D eigenvalue weighted by molar-refractivity contribution is -0.136. The van der Waals surface area contributed by atoms with Crippen LogP contribution in [-0.2, 0) is 22.7 Å². The lowest BCUT2D eigenvalue weighted by atomic mass is 10.1. The number of hydrogen-bond donors (Lipinski definition) is 1. The predicted octanol–water partition coefficient (Wildman–Crippen LogP) is 3.09. The van der Waals surface area contributed by atoms with Gasteiger partial charge in [-0.2, -0.15) is 0 Å². The Kier molecular flexibility index (Phi) is 9.05. The molecule has 0 saturated carbocycles. The summed E-state index contributed by atoms with van der Waals surface area (Å²) in [5.74, 6) is 1.44. The zero-order valence-electron chi connectivity index (χ0n) is 16.2. The van der Waals surface area contributed by atoms with Crippen LogP contribution in [0.25, 0.3) is 0 Å². The summed E-state index contributed by atoms with van der Waals surface area (Å²) in [6, 6.07) is 9.60. The van der Waals surface area contributed by atoms with E-state index in [-0.39, 0.29) is 24.4 Å². The van der Waals surface area contributed by atoms with Crippen molar-refractivity contribution >= 4 is 29.7 Å². The van der Waals surface area contributed by atoms with Gasteiger partial charge in [0.15, 0.2) is 11.5 Å². The number of morpholine rings is 1. The highest BCUT2D eigenvalue weighted by molar-refractivity contribution is 7.09. The Balaban J connectivity index is 0.00000280. The van der Waals surface area contributed by atoms with Crippen molar-refractivity contribution in [3.63, 3.8) is 0 Å². The van der Waals surface area contributed by atoms with E-state index in [1.165, 1.54) is 0 Å². The maximum atomic E-state index is 12.7. The van der Waals surface area contributed by atoms with Crippen LogP contribution in [0, 0.1) is 0 Å². The molecule has 1 unspecified atom stereocenters. The third kappa shape index (κ3) is 5.85. The van der Waals surface area contributed by atoms with Gasteiger partial charge >= 0.3 is 0 Å². The molecule has 1 atom stereocenters. The highest BCUT2D eigenvalue weighted by atomic mass is 35.5. The van der Waals surface area contributed by atoms with E-state index in [0.29, 0.717) is 51.0 Å². The summed E-state index contributed by atoms with van der Waals surface area (Å²) in [4.78, 5) is 15.7. The van der Waals surface area contributed by atoms with Gasteiger partial charge in [-0.05, 0) is 36.1 Å². The summed E-state index contributed by atoms with van der Waals surface area (Å²) in [5, 5.41) is 5.25. The summed E-state index contributed by atoms with van der Waals surface area (Å²) in [6.07, 6.45) is 0. The molecule has 3 rings (SSSR count). The number of ether oxygens (including phenoxy) is 3. The van der Waals surface area contributed by atoms with Crippen molar-refractivity contribution in [1.29, 1.82) is 0 Å². The van der Waals surface area contributed by atoms with Crippen molar-refractivity contribution in [2.45, 2.75) is 26.1 Å². The lowest BCUT2D eigenvalue weighted by Crippen LogP contribution is -2.52. The minimum absolute atomic E-state index is 0. The SMILES string of the molecule is CCN(Cc1ccc(OCc2cccs2)c(OC)c1)C(=O)C1COCCN1.Cl. The molecule has 1 aliphatic heterocycles. The smallest absolute Gasteiger partial charge is 0.242 e. The van der Waals surface area contributed by atoms with E-state index in [0.717, 1.165) is 10.4 Å². The van der Waals surface area contributed by atoms with Crippen molar-refractivity contribution in [2.24, 2.45) is 0 Å². The first kappa shape index (κ1) is 22.5. The molecule has 2 aromatic rings. The second-order valence-corrected chi connectivity index (χ2v) is 7.32. The Hall–Kier alpha value is -1.80. The first-order valence-corrected chi connectivity index (χ1v) is 10.0. The third-order valence-corrected chi connectivity index (χ3v) is 5.31. The van der Waals surface area contributed by atoms with Crippen molar-refractivity contribution in [3.05, 3.63) is 46.2 Å². The van der Waals surface area contributed by atoms with Gasteiger partial charge in [-0.3, -0.25) is 4.79 Å². The summed E-state index contributed by atoms with van der Waals surface area (Å²) in [6.45, 7) is 5.44. The molecule has 0 bridgehead atoms. The number of nitrogens with one attached hydrogen (secondary N) is 1. The van der Waals surface area contributed by atoms with E-state index in [1.54, 1.807) is 18.4 Å². The van der Waals surface area contributed by atoms with E-state index in [1.807, 2.05) is 47.5 Å². The number of rotatable bonds is 8. The Morgan fingerprint density at radius 2 is 2.21 bits per heavy atom. The van der Waals surface area contributed by atoms with Crippen LogP contribution in [0.3, 0.4) is 0 Å². The van der Waals surface area contributed by atoms with Crippen molar-refractivity contribution < 1.29 is 19.0 Å². The number of thiophene rings is 1. The average molecular weight is 427 g/mol. The van der Waals surface area contributed by atoms with Gasteiger partial charge in [0, 0.05) is 24.5 Å². The van der Waals surface area contributed by atoms with E-state index in [4.69, 9.17) is 14.2 Å². The Bertz CT molecular complexity index is 736. The molecular formula is C20H27ClN2O4S. The molecule has 6 nitrogen and oxygen atoms in total. The van der Waals surface area contributed by atoms with Crippen LogP contribution in [0.15, 0.2) is 35.7 Å². The van der Waals surface area contributed by atoms with Crippen LogP contribution in [0.4, 0.5) is 0 Å². The minimum atomic E-state index is -0.269. The zero-order chi connectivity index (χ0) is 19.1. The molecule has 1 aliphatic rings. The van der Waals surface area contributed by atoms with Crippen LogP contribution in [0.1, 0.15) is 17.4 Å². The van der Waals surface area contributed by atoms with Crippen LogP contribution in [0.5, 0.6) is 11.5 Å². The summed E-state index contributed by atoms with van der Waals surface area (Å²) in [7, 11) is 1.63. The third-order valence-electron chi connectivity index (χ3n) is 4.46. The van der Waals surface area contributed by atoms with Gasteiger partial charge in [0.05, 0.1) is 20.3 Å². The van der Waals surface area contributed by atoms with Crippen molar-refractivity contribution in [1.82, 2.24) is 10.2 Å². The molecule has 1 amide bonds. The van der Waals surface area contributed by atoms with Gasteiger partial charge < -0.3 is 24.4 Å². The second-order valence-electron chi connectivity index (χ2n) is 6.29. The number of amides is 1. The largest absolute Gasteiger partial charge is 0.493 e. The van der Waals surface area contributed by atoms with E-state index in [9.17, 15) is 4.79 Å². The number of nitrogens with zero attached hydrogens (tertiary/aromatic N) is 1. The Morgan fingerprint density at radius 3 is 2.86 bits per heavy atom. The molecule has 1 saturated heterocycles. The fourth-order valence-corrected chi connectivity index (χ4v) is 3.60. The molecule has 154 valence electrons. The van der Waals surface area contributed by atoms with Gasteiger partial charge in [-0.1, -0.05) is 12.1 Å². The number of carbonyl (C=O) groups excluding carboxylic acids is 1. The van der Waals surface area contributed by atoms with Crippen molar-refractivity contribution in [3.8, 4) is 11.5 Å². The van der Waals surface area contributed by atoms with Crippen molar-refractivity contribution in [2.75, 3.05) is 33.4 Å². The minimum Gasteiger partial charge on any atom is -0.493 e. The number of carbonyl (C=O) groups is 1. The molecule has 0 spiro atoms. The van der Waals surface area contributed by atoms with E-state index < -0.39 is 0 Å². The fourth-order valence-electron chi connectivity index (χ4n) is 2.98. The summed E-state index contributed by atoms with van der Waals surface area (Å²) < 4.78 is 16.8. The second kappa shape index (κ2) is 11.3. The van der Waals surface area contributed by atoms with Gasteiger partial charge in [0.25, 0.3) is 0 Å². The maximum Gasteiger partial charge on any atom is 0.242 e. The first-order chi connectivity index (χ1) is 13.2. The first-order valence-electron chi connectivity index (χ1n) is 9.13. The molecule has 28 heavy (non-hydrogen) atoms. The molecule has 0 aliphatic carbocycles. The molecule has 0 radical (unpaired) electrons. The number of likely N-dealkylation sites (N-methyl/N-ethyl adjacent to an activating group) is 1. The maximum absolute atomic E-state index is 12.7. The van der Waals surface area contributed by atoms with E-state index >= 15 is 0 Å². The van der Waals surface area contributed by atoms with Gasteiger partial charge in [-0.25, -0.2) is 0 Å². The molecule has 2 heterocycles. The van der Waals surface area contributed by atoms with Crippen LogP contribution in [0.2, 0.25) is 0 Å². The molecule has 1 N–H and O–H groups in total. The molecule has 8 heteroatoms. The number of hydrogen-bond acceptors (Lipinski definition) is 6. The van der Waals surface area contributed by atoms with Gasteiger partial charge in [0.1, 0.15) is 12.6 Å². The summed E-state index contributed by atoms with van der Waals surface area (Å²) >= 11 is 1.66. The molecule has 1 fully saturated rings. The van der Waals surface area contributed by atoms with E-state index in [2.05, 4.69) is 5.32 Å². The normalized spacial score (nSPS) is 16.1. The predicted molar refractivity (Wildman–Crippen MR) is 113 cm³/mol. The lowest BCUT2D eigenvalue weighted by Gasteiger charge is -2.29. The zero-order valence-corrected chi connectivity index (χ0v) is 17.8. The monoisotopic (exact) mass is 426 g/mol. The molecular weight excluding hydrogens is 400 g/mol. The Morgan fingerprint density at radius 1 is 1.36 bits per heavy atom. The van der Waals surface area contributed by atoms with Crippen LogP contribution < -0.4 is 14.8 Å². The highest BCUT2D eigenvalue weighted by Crippen LogP contribution is 2.29. The fraction of sp³-hybridized carbons (Fsp3) is 0.450. The number of methoxy groups -OCH3 is 1. The van der Waals surface area contributed by atoms with Crippen LogP contribution in [-0.4, -0.2) is 50.3 Å². The highest BCUT2D eigenvalue weighted by Gasteiger charge is 2.25. The molecule has 1 aromatic heterocycles. The Labute approximate surface area is 176 Å².